The first kappa shape index (κ1) is 20.2. The van der Waals surface area contributed by atoms with E-state index < -0.39 is 0 Å². The molecule has 3 rings (SSSR count). The highest BCUT2D eigenvalue weighted by Crippen LogP contribution is 2.24. The summed E-state index contributed by atoms with van der Waals surface area (Å²) in [5.41, 5.74) is 7.85. The molecule has 1 aliphatic rings. The molecule has 1 aromatic heterocycles. The van der Waals surface area contributed by atoms with Crippen molar-refractivity contribution in [1.29, 1.82) is 0 Å². The van der Waals surface area contributed by atoms with Crippen molar-refractivity contribution in [3.8, 4) is 11.4 Å². The Kier molecular flexibility index (Phi) is 6.61. The molecule has 0 aliphatic carbocycles. The zero-order valence-corrected chi connectivity index (χ0v) is 16.2. The lowest BCUT2D eigenvalue weighted by Gasteiger charge is -2.37. The van der Waals surface area contributed by atoms with Gasteiger partial charge in [-0.3, -0.25) is 4.79 Å². The van der Waals surface area contributed by atoms with Gasteiger partial charge in [0.1, 0.15) is 5.75 Å². The number of amides is 1. The van der Waals surface area contributed by atoms with Crippen molar-refractivity contribution in [1.82, 2.24) is 19.9 Å². The Morgan fingerprint density at radius 2 is 2.04 bits per heavy atom. The minimum Gasteiger partial charge on any atom is -0.497 e. The van der Waals surface area contributed by atoms with E-state index in [2.05, 4.69) is 17.2 Å². The van der Waals surface area contributed by atoms with Crippen LogP contribution in [0.15, 0.2) is 24.3 Å². The number of likely N-dealkylation sites (tertiary alicyclic amines) is 1. The Morgan fingerprint density at radius 3 is 2.65 bits per heavy atom. The smallest absolute Gasteiger partial charge is 0.276 e. The number of rotatable bonds is 4. The molecular formula is C18H26ClN5O2. The molecule has 0 radical (unpaired) electrons. The molecule has 2 heterocycles. The van der Waals surface area contributed by atoms with Gasteiger partial charge >= 0.3 is 0 Å². The van der Waals surface area contributed by atoms with Crippen LogP contribution in [0.25, 0.3) is 5.69 Å². The van der Waals surface area contributed by atoms with Gasteiger partial charge in [0.05, 0.1) is 18.5 Å². The van der Waals surface area contributed by atoms with E-state index in [0.717, 1.165) is 36.5 Å². The van der Waals surface area contributed by atoms with Gasteiger partial charge in [0, 0.05) is 19.1 Å². The predicted molar refractivity (Wildman–Crippen MR) is 102 cm³/mol. The van der Waals surface area contributed by atoms with Crippen molar-refractivity contribution >= 4 is 18.3 Å². The summed E-state index contributed by atoms with van der Waals surface area (Å²) in [7, 11) is 1.62. The number of nitrogens with two attached hydrogens (primary N) is 1. The number of halogens is 1. The topological polar surface area (TPSA) is 86.3 Å². The SMILES string of the molecule is COc1ccc(-n2nnc(C(=O)N3CCC(C)CC3CN)c2C)cc1.Cl. The number of ether oxygens (including phenoxy) is 1. The van der Waals surface area contributed by atoms with Crippen LogP contribution in [-0.2, 0) is 0 Å². The fourth-order valence-corrected chi connectivity index (χ4v) is 3.37. The van der Waals surface area contributed by atoms with Crippen LogP contribution in [0.2, 0.25) is 0 Å². The highest BCUT2D eigenvalue weighted by molar-refractivity contribution is 5.93. The summed E-state index contributed by atoms with van der Waals surface area (Å²) in [4.78, 5) is 14.8. The average Bonchev–Trinajstić information content (AvgIpc) is 3.02. The van der Waals surface area contributed by atoms with E-state index in [0.29, 0.717) is 18.2 Å². The van der Waals surface area contributed by atoms with E-state index in [1.165, 1.54) is 0 Å². The second kappa shape index (κ2) is 8.51. The molecule has 1 aromatic carbocycles. The molecule has 142 valence electrons. The van der Waals surface area contributed by atoms with Crippen molar-refractivity contribution in [2.75, 3.05) is 20.2 Å². The van der Waals surface area contributed by atoms with Crippen LogP contribution < -0.4 is 10.5 Å². The van der Waals surface area contributed by atoms with Gasteiger partial charge in [-0.2, -0.15) is 0 Å². The zero-order valence-electron chi connectivity index (χ0n) is 15.4. The van der Waals surface area contributed by atoms with E-state index in [1.54, 1.807) is 11.8 Å². The Morgan fingerprint density at radius 1 is 1.35 bits per heavy atom. The third-order valence-corrected chi connectivity index (χ3v) is 4.93. The van der Waals surface area contributed by atoms with Crippen LogP contribution in [0.5, 0.6) is 5.75 Å². The molecule has 2 aromatic rings. The van der Waals surface area contributed by atoms with E-state index in [9.17, 15) is 4.79 Å². The van der Waals surface area contributed by atoms with Gasteiger partial charge in [0.15, 0.2) is 5.69 Å². The monoisotopic (exact) mass is 379 g/mol. The lowest BCUT2D eigenvalue weighted by molar-refractivity contribution is 0.0566. The van der Waals surface area contributed by atoms with E-state index >= 15 is 0 Å². The van der Waals surface area contributed by atoms with Crippen LogP contribution in [0.4, 0.5) is 0 Å². The molecule has 1 aliphatic heterocycles. The molecule has 0 bridgehead atoms. The summed E-state index contributed by atoms with van der Waals surface area (Å²) >= 11 is 0. The molecule has 1 amide bonds. The first-order valence-electron chi connectivity index (χ1n) is 8.63. The number of carbonyl (C=O) groups is 1. The predicted octanol–water partition coefficient (Wildman–Crippen LogP) is 2.21. The number of piperidine rings is 1. The first-order chi connectivity index (χ1) is 12.0. The van der Waals surface area contributed by atoms with E-state index in [-0.39, 0.29) is 24.4 Å². The van der Waals surface area contributed by atoms with Crippen LogP contribution in [0.3, 0.4) is 0 Å². The van der Waals surface area contributed by atoms with E-state index in [1.807, 2.05) is 36.1 Å². The minimum absolute atomic E-state index is 0. The Hall–Kier alpha value is -2.12. The summed E-state index contributed by atoms with van der Waals surface area (Å²) in [5, 5.41) is 8.32. The number of methoxy groups -OCH3 is 1. The first-order valence-corrected chi connectivity index (χ1v) is 8.63. The van der Waals surface area contributed by atoms with Crippen molar-refractivity contribution < 1.29 is 9.53 Å². The number of aromatic nitrogens is 3. The maximum absolute atomic E-state index is 13.0. The standard InChI is InChI=1S/C18H25N5O2.ClH/c1-12-8-9-22(15(10-12)11-19)18(24)17-13(2)23(21-20-17)14-4-6-16(25-3)7-5-14;/h4-7,12,15H,8-11,19H2,1-3H3;1H. The molecule has 0 spiro atoms. The molecule has 26 heavy (non-hydrogen) atoms. The molecular weight excluding hydrogens is 354 g/mol. The third-order valence-electron chi connectivity index (χ3n) is 4.93. The normalized spacial score (nSPS) is 19.8. The van der Waals surface area contributed by atoms with Crippen molar-refractivity contribution in [2.24, 2.45) is 11.7 Å². The molecule has 8 heteroatoms. The number of hydrogen-bond donors (Lipinski definition) is 1. The van der Waals surface area contributed by atoms with Crippen LogP contribution in [0.1, 0.15) is 35.9 Å². The minimum atomic E-state index is -0.0837. The average molecular weight is 380 g/mol. The molecule has 7 nitrogen and oxygen atoms in total. The highest BCUT2D eigenvalue weighted by atomic mass is 35.5. The van der Waals surface area contributed by atoms with E-state index in [4.69, 9.17) is 10.5 Å². The van der Waals surface area contributed by atoms with Crippen molar-refractivity contribution in [2.45, 2.75) is 32.7 Å². The molecule has 2 N–H and O–H groups in total. The lowest BCUT2D eigenvalue weighted by Crippen LogP contribution is -2.49. The van der Waals surface area contributed by atoms with Gasteiger partial charge in [0.2, 0.25) is 0 Å². The van der Waals surface area contributed by atoms with Crippen molar-refractivity contribution in [3.63, 3.8) is 0 Å². The second-order valence-electron chi connectivity index (χ2n) is 6.65. The number of carbonyl (C=O) groups excluding carboxylic acids is 1. The molecule has 1 fully saturated rings. The largest absolute Gasteiger partial charge is 0.497 e. The summed E-state index contributed by atoms with van der Waals surface area (Å²) in [6, 6.07) is 7.56. The Labute approximate surface area is 159 Å². The molecule has 2 unspecified atom stereocenters. The number of hydrogen-bond acceptors (Lipinski definition) is 5. The summed E-state index contributed by atoms with van der Waals surface area (Å²) in [6.07, 6.45) is 1.93. The fourth-order valence-electron chi connectivity index (χ4n) is 3.37. The summed E-state index contributed by atoms with van der Waals surface area (Å²) in [6.45, 7) is 5.26. The quantitative estimate of drug-likeness (QED) is 0.880. The second-order valence-corrected chi connectivity index (χ2v) is 6.65. The van der Waals surface area contributed by atoms with Gasteiger partial charge in [0.25, 0.3) is 5.91 Å². The highest BCUT2D eigenvalue weighted by Gasteiger charge is 2.32. The van der Waals surface area contributed by atoms with Crippen molar-refractivity contribution in [3.05, 3.63) is 35.7 Å². The van der Waals surface area contributed by atoms with Gasteiger partial charge in [-0.05, 0) is 49.9 Å². The maximum atomic E-state index is 13.0. The number of nitrogens with zero attached hydrogens (tertiary/aromatic N) is 4. The summed E-state index contributed by atoms with van der Waals surface area (Å²) < 4.78 is 6.85. The van der Waals surface area contributed by atoms with Crippen LogP contribution in [0, 0.1) is 12.8 Å². The Bertz CT molecular complexity index is 747. The van der Waals surface area contributed by atoms with Gasteiger partial charge in [-0.25, -0.2) is 4.68 Å². The van der Waals surface area contributed by atoms with Gasteiger partial charge in [-0.1, -0.05) is 12.1 Å². The zero-order chi connectivity index (χ0) is 18.0. The van der Waals surface area contributed by atoms with Gasteiger partial charge in [-0.15, -0.1) is 17.5 Å². The van der Waals surface area contributed by atoms with Crippen LogP contribution >= 0.6 is 12.4 Å². The number of benzene rings is 1. The molecule has 2 atom stereocenters. The Balaban J connectivity index is 0.00000243. The maximum Gasteiger partial charge on any atom is 0.276 e. The van der Waals surface area contributed by atoms with Crippen LogP contribution in [-0.4, -0.2) is 52.0 Å². The van der Waals surface area contributed by atoms with Gasteiger partial charge < -0.3 is 15.4 Å². The fraction of sp³-hybridized carbons (Fsp3) is 0.500. The molecule has 0 saturated carbocycles. The third kappa shape index (κ3) is 3.83. The molecule has 1 saturated heterocycles. The lowest BCUT2D eigenvalue weighted by atomic mass is 9.92. The summed E-state index contributed by atoms with van der Waals surface area (Å²) in [5.74, 6) is 1.28.